The van der Waals surface area contributed by atoms with Crippen LogP contribution in [0.25, 0.3) is 0 Å². The van der Waals surface area contributed by atoms with Crippen LogP contribution in [0, 0.1) is 0 Å². The molecule has 26 heavy (non-hydrogen) atoms. The number of benzene rings is 2. The summed E-state index contributed by atoms with van der Waals surface area (Å²) >= 11 is 0. The fourth-order valence-electron chi connectivity index (χ4n) is 3.88. The van der Waals surface area contributed by atoms with Crippen LogP contribution in [0.2, 0.25) is 0 Å². The summed E-state index contributed by atoms with van der Waals surface area (Å²) in [6.07, 6.45) is 0.400. The van der Waals surface area contributed by atoms with Gasteiger partial charge in [0.15, 0.2) is 6.10 Å². The third-order valence-corrected chi connectivity index (χ3v) is 5.10. The maximum Gasteiger partial charge on any atom is 0.264 e. The molecule has 0 bridgehead atoms. The van der Waals surface area contributed by atoms with Crippen molar-refractivity contribution in [1.82, 2.24) is 0 Å². The van der Waals surface area contributed by atoms with Crippen LogP contribution < -0.4 is 0 Å². The second kappa shape index (κ2) is 8.50. The van der Waals surface area contributed by atoms with Crippen molar-refractivity contribution in [2.45, 2.75) is 58.6 Å². The Morgan fingerprint density at radius 3 is 2.08 bits per heavy atom. The maximum absolute atomic E-state index is 11.2. The van der Waals surface area contributed by atoms with E-state index in [2.05, 4.69) is 45.0 Å². The Balaban J connectivity index is 0.00000117. The van der Waals surface area contributed by atoms with E-state index in [0.717, 1.165) is 23.3 Å². The van der Waals surface area contributed by atoms with Gasteiger partial charge in [0, 0.05) is 19.4 Å². The molecule has 1 heterocycles. The highest BCUT2D eigenvalue weighted by Gasteiger charge is 2.58. The van der Waals surface area contributed by atoms with Crippen molar-refractivity contribution in [3.05, 3.63) is 71.3 Å². The average Bonchev–Trinajstić information content (AvgIpc) is 2.88. The van der Waals surface area contributed by atoms with Gasteiger partial charge >= 0.3 is 0 Å². The zero-order valence-electron chi connectivity index (χ0n) is 16.9. The molecule has 0 aromatic heterocycles. The number of hydrogen-bond acceptors (Lipinski definition) is 2. The second-order valence-corrected chi connectivity index (χ2v) is 6.90. The Labute approximate surface area is 157 Å². The summed E-state index contributed by atoms with van der Waals surface area (Å²) in [6, 6.07) is 18.6. The van der Waals surface area contributed by atoms with Crippen LogP contribution in [0.4, 0.5) is 0 Å². The first kappa shape index (κ1) is 20.2. The number of aliphatic hydroxyl groups excluding tert-OH is 1. The Kier molecular flexibility index (Phi) is 6.60. The molecule has 2 atom stereocenters. The summed E-state index contributed by atoms with van der Waals surface area (Å²) in [4.78, 5) is 5.70. The van der Waals surface area contributed by atoms with Gasteiger partial charge in [-0.25, -0.2) is 0 Å². The summed E-state index contributed by atoms with van der Waals surface area (Å²) in [7, 11) is 1.67. The average molecular weight is 355 g/mol. The van der Waals surface area contributed by atoms with E-state index < -0.39 is 6.10 Å². The van der Waals surface area contributed by atoms with Gasteiger partial charge < -0.3 is 5.11 Å². The van der Waals surface area contributed by atoms with E-state index >= 15 is 0 Å². The van der Waals surface area contributed by atoms with Gasteiger partial charge in [0.25, 0.3) is 5.71 Å². The van der Waals surface area contributed by atoms with Crippen LogP contribution in [0.15, 0.2) is 54.6 Å². The van der Waals surface area contributed by atoms with Crippen LogP contribution in [0.5, 0.6) is 0 Å². The zero-order chi connectivity index (χ0) is 19.3. The fourth-order valence-corrected chi connectivity index (χ4v) is 3.88. The molecule has 0 amide bonds. The normalized spacial score (nSPS) is 21.2. The SMILES string of the molecule is CC.CCc1ccc(C2C(O)C(c3ccccc3)=[N+](OC)C2(C)C)cc1. The molecule has 1 aliphatic rings. The van der Waals surface area contributed by atoms with E-state index in [-0.39, 0.29) is 11.5 Å². The van der Waals surface area contributed by atoms with Crippen molar-refractivity contribution in [2.75, 3.05) is 7.11 Å². The second-order valence-electron chi connectivity index (χ2n) is 6.90. The predicted molar refractivity (Wildman–Crippen MR) is 108 cm³/mol. The Morgan fingerprint density at radius 2 is 1.58 bits per heavy atom. The topological polar surface area (TPSA) is 32.5 Å². The molecule has 3 rings (SSSR count). The molecular weight excluding hydrogens is 322 g/mol. The van der Waals surface area contributed by atoms with Crippen molar-refractivity contribution in [3.63, 3.8) is 0 Å². The lowest BCUT2D eigenvalue weighted by Crippen LogP contribution is -2.38. The molecule has 2 aromatic rings. The molecule has 3 heteroatoms. The Hall–Kier alpha value is -2.13. The summed E-state index contributed by atoms with van der Waals surface area (Å²) in [5.41, 5.74) is 3.91. The first-order valence-corrected chi connectivity index (χ1v) is 9.54. The van der Waals surface area contributed by atoms with Crippen LogP contribution in [-0.4, -0.2) is 34.3 Å². The first-order chi connectivity index (χ1) is 12.5. The molecule has 0 saturated carbocycles. The largest absolute Gasteiger partial charge is 0.381 e. The molecule has 0 spiro atoms. The standard InChI is InChI=1S/C21H26NO2.C2H6/c1-5-15-11-13-16(14-12-15)18-20(23)19(17-9-7-6-8-10-17)22(24-4)21(18,2)3;1-2/h6-14,18,20,23H,5H2,1-4H3;1-2H3/q+1;. The smallest absolute Gasteiger partial charge is 0.264 e. The van der Waals surface area contributed by atoms with E-state index in [1.165, 1.54) is 5.56 Å². The summed E-state index contributed by atoms with van der Waals surface area (Å²) in [6.45, 7) is 10.4. The summed E-state index contributed by atoms with van der Waals surface area (Å²) in [5.74, 6) is -0.0569. The lowest BCUT2D eigenvalue weighted by Gasteiger charge is -2.24. The van der Waals surface area contributed by atoms with Gasteiger partial charge in [-0.1, -0.05) is 63.2 Å². The van der Waals surface area contributed by atoms with E-state index in [1.54, 1.807) is 7.11 Å². The molecule has 2 unspecified atom stereocenters. The van der Waals surface area contributed by atoms with Crippen LogP contribution in [-0.2, 0) is 11.3 Å². The number of hydrogen-bond donors (Lipinski definition) is 1. The predicted octanol–water partition coefficient (Wildman–Crippen LogP) is 4.58. The van der Waals surface area contributed by atoms with Gasteiger partial charge in [-0.3, -0.25) is 4.84 Å². The molecule has 0 radical (unpaired) electrons. The van der Waals surface area contributed by atoms with E-state index in [9.17, 15) is 5.11 Å². The molecule has 0 saturated heterocycles. The Bertz CT molecular complexity index is 733. The van der Waals surface area contributed by atoms with Gasteiger partial charge in [0.1, 0.15) is 7.11 Å². The van der Waals surface area contributed by atoms with Gasteiger partial charge in [-0.05, 0) is 34.4 Å². The number of aryl methyl sites for hydroxylation is 1. The van der Waals surface area contributed by atoms with Gasteiger partial charge in [0.2, 0.25) is 5.54 Å². The molecular formula is C23H32NO2+. The maximum atomic E-state index is 11.2. The van der Waals surface area contributed by atoms with Crippen molar-refractivity contribution in [1.29, 1.82) is 0 Å². The third kappa shape index (κ3) is 3.54. The third-order valence-electron chi connectivity index (χ3n) is 5.10. The van der Waals surface area contributed by atoms with Crippen molar-refractivity contribution >= 4 is 5.71 Å². The molecule has 2 aromatic carbocycles. The van der Waals surface area contributed by atoms with Gasteiger partial charge in [-0.2, -0.15) is 0 Å². The molecule has 3 nitrogen and oxygen atoms in total. The molecule has 0 fully saturated rings. The lowest BCUT2D eigenvalue weighted by atomic mass is 9.79. The molecule has 1 aliphatic heterocycles. The number of nitrogens with zero attached hydrogens (tertiary/aromatic N) is 1. The summed E-state index contributed by atoms with van der Waals surface area (Å²) < 4.78 is 1.87. The first-order valence-electron chi connectivity index (χ1n) is 9.54. The van der Waals surface area contributed by atoms with Crippen LogP contribution in [0.1, 0.15) is 57.2 Å². The highest BCUT2D eigenvalue weighted by molar-refractivity contribution is 6.01. The number of hydroxylamine groups is 1. The van der Waals surface area contributed by atoms with Gasteiger partial charge in [0.05, 0.1) is 5.92 Å². The van der Waals surface area contributed by atoms with Crippen LogP contribution >= 0.6 is 0 Å². The van der Waals surface area contributed by atoms with Crippen molar-refractivity contribution < 1.29 is 14.7 Å². The highest BCUT2D eigenvalue weighted by atomic mass is 16.7. The number of rotatable bonds is 4. The fraction of sp³-hybridized carbons (Fsp3) is 0.435. The Morgan fingerprint density at radius 1 is 1.00 bits per heavy atom. The molecule has 0 aliphatic carbocycles. The van der Waals surface area contributed by atoms with Crippen molar-refractivity contribution in [2.24, 2.45) is 0 Å². The van der Waals surface area contributed by atoms with E-state index in [1.807, 2.05) is 48.9 Å². The monoisotopic (exact) mass is 354 g/mol. The molecule has 1 N–H and O–H groups in total. The highest BCUT2D eigenvalue weighted by Crippen LogP contribution is 2.41. The quantitative estimate of drug-likeness (QED) is 0.816. The molecule has 140 valence electrons. The van der Waals surface area contributed by atoms with E-state index in [0.29, 0.717) is 0 Å². The minimum atomic E-state index is -0.616. The lowest BCUT2D eigenvalue weighted by molar-refractivity contribution is -0.822. The van der Waals surface area contributed by atoms with Crippen molar-refractivity contribution in [3.8, 4) is 0 Å². The van der Waals surface area contributed by atoms with Crippen LogP contribution in [0.3, 0.4) is 0 Å². The number of aliphatic hydroxyl groups is 1. The minimum Gasteiger partial charge on any atom is -0.381 e. The minimum absolute atomic E-state index is 0.0569. The summed E-state index contributed by atoms with van der Waals surface area (Å²) in [5, 5.41) is 11.2. The van der Waals surface area contributed by atoms with E-state index in [4.69, 9.17) is 4.84 Å². The van der Waals surface area contributed by atoms with Gasteiger partial charge in [-0.15, -0.1) is 0 Å². The zero-order valence-corrected chi connectivity index (χ0v) is 16.9.